The molecule has 0 radical (unpaired) electrons. The number of hydrogen-bond acceptors (Lipinski definition) is 4. The molecule has 0 aliphatic carbocycles. The minimum atomic E-state index is -5.09. The highest BCUT2D eigenvalue weighted by molar-refractivity contribution is 6.33. The van der Waals surface area contributed by atoms with Gasteiger partial charge in [0, 0.05) is 13.6 Å². The van der Waals surface area contributed by atoms with Crippen LogP contribution in [0.3, 0.4) is 0 Å². The van der Waals surface area contributed by atoms with Crippen LogP contribution in [0.2, 0.25) is 5.02 Å². The molecule has 3 rings (SSSR count). The van der Waals surface area contributed by atoms with Crippen LogP contribution in [0.4, 0.5) is 19.0 Å². The van der Waals surface area contributed by atoms with Crippen LogP contribution in [0.25, 0.3) is 5.82 Å². The van der Waals surface area contributed by atoms with E-state index >= 15 is 0 Å². The fraction of sp³-hybridized carbons (Fsp3) is 0.429. The summed E-state index contributed by atoms with van der Waals surface area (Å²) in [5.74, 6) is -2.36. The number of anilines is 1. The van der Waals surface area contributed by atoms with Gasteiger partial charge in [0.05, 0.1) is 11.9 Å². The molecule has 0 fully saturated rings. The molecule has 0 N–H and O–H groups in total. The Labute approximate surface area is 145 Å². The number of hydrogen-bond donors (Lipinski definition) is 0. The van der Waals surface area contributed by atoms with Gasteiger partial charge in [-0.15, -0.1) is 0 Å². The molecule has 0 bridgehead atoms. The lowest BCUT2D eigenvalue weighted by Crippen LogP contribution is -2.39. The second kappa shape index (κ2) is 6.07. The van der Waals surface area contributed by atoms with Crippen LogP contribution in [0, 0.1) is 11.3 Å². The Morgan fingerprint density at radius 3 is 2.76 bits per heavy atom. The number of rotatable bonds is 2. The molecule has 1 amide bonds. The maximum absolute atomic E-state index is 12.8. The topological polar surface area (TPSA) is 79.7 Å². The number of halogens is 4. The zero-order valence-electron chi connectivity index (χ0n) is 13.0. The van der Waals surface area contributed by atoms with Crippen molar-refractivity contribution in [3.05, 3.63) is 22.5 Å². The maximum atomic E-state index is 12.8. The van der Waals surface area contributed by atoms with Crippen LogP contribution in [0.15, 0.2) is 6.20 Å². The minimum absolute atomic E-state index is 0.0943. The fourth-order valence-corrected chi connectivity index (χ4v) is 3.07. The average molecular weight is 373 g/mol. The Balaban J connectivity index is 2.14. The molecule has 3 heterocycles. The number of aromatic nitrogens is 4. The first kappa shape index (κ1) is 17.3. The molecule has 1 aliphatic heterocycles. The Hall–Kier alpha value is -2.54. The molecule has 132 valence electrons. The monoisotopic (exact) mass is 372 g/mol. The first-order valence-electron chi connectivity index (χ1n) is 7.34. The first-order valence-corrected chi connectivity index (χ1v) is 7.72. The van der Waals surface area contributed by atoms with Crippen molar-refractivity contribution in [3.8, 4) is 11.9 Å². The lowest BCUT2D eigenvalue weighted by atomic mass is 10.1. The molecule has 2 aromatic rings. The third kappa shape index (κ3) is 2.84. The predicted octanol–water partition coefficient (Wildman–Crippen LogP) is 2.46. The summed E-state index contributed by atoms with van der Waals surface area (Å²) in [6, 6.07) is 1.73. The zero-order chi connectivity index (χ0) is 18.4. The zero-order valence-corrected chi connectivity index (χ0v) is 13.8. The van der Waals surface area contributed by atoms with Crippen molar-refractivity contribution >= 4 is 23.3 Å². The molecule has 0 atom stereocenters. The highest BCUT2D eigenvalue weighted by Gasteiger charge is 2.43. The Morgan fingerprint density at radius 1 is 1.44 bits per heavy atom. The fourth-order valence-electron chi connectivity index (χ4n) is 2.76. The van der Waals surface area contributed by atoms with Gasteiger partial charge < -0.3 is 0 Å². The van der Waals surface area contributed by atoms with Crippen LogP contribution in [0.5, 0.6) is 0 Å². The highest BCUT2D eigenvalue weighted by Crippen LogP contribution is 2.33. The van der Waals surface area contributed by atoms with Gasteiger partial charge in [-0.1, -0.05) is 11.6 Å². The standard InChI is InChI=1S/C14H12ClF3N6O/c1-22(13(25)14(16,17)18)12-8(6-19)7-20-24(12)11-10(15)9-4-2-3-5-23(9)21-11/h7H,2-5H2,1H3. The number of nitrogens with zero attached hydrogens (tertiary/aromatic N) is 6. The van der Waals surface area contributed by atoms with Gasteiger partial charge in [0.2, 0.25) is 0 Å². The molecule has 0 saturated heterocycles. The lowest BCUT2D eigenvalue weighted by molar-refractivity contribution is -0.170. The van der Waals surface area contributed by atoms with E-state index in [1.807, 2.05) is 0 Å². The van der Waals surface area contributed by atoms with Crippen molar-refractivity contribution in [2.75, 3.05) is 11.9 Å². The lowest BCUT2D eigenvalue weighted by Gasteiger charge is -2.19. The average Bonchev–Trinajstić information content (AvgIpc) is 3.14. The van der Waals surface area contributed by atoms with E-state index in [2.05, 4.69) is 10.2 Å². The summed E-state index contributed by atoms with van der Waals surface area (Å²) in [6.45, 7) is 0.633. The number of carbonyl (C=O) groups excluding carboxylic acids is 1. The second-order valence-electron chi connectivity index (χ2n) is 5.53. The van der Waals surface area contributed by atoms with Gasteiger partial charge in [-0.05, 0) is 19.3 Å². The molecule has 0 aromatic carbocycles. The summed E-state index contributed by atoms with van der Waals surface area (Å²) in [7, 11) is 0.925. The quantitative estimate of drug-likeness (QED) is 0.811. The number of carbonyl (C=O) groups is 1. The number of fused-ring (bicyclic) bond motifs is 1. The molecule has 2 aromatic heterocycles. The summed E-state index contributed by atoms with van der Waals surface area (Å²) in [5, 5.41) is 17.6. The van der Waals surface area contributed by atoms with Crippen LogP contribution in [-0.4, -0.2) is 38.7 Å². The largest absolute Gasteiger partial charge is 0.471 e. The molecule has 7 nitrogen and oxygen atoms in total. The van der Waals surface area contributed by atoms with Crippen LogP contribution >= 0.6 is 11.6 Å². The van der Waals surface area contributed by atoms with Crippen molar-refractivity contribution in [3.63, 3.8) is 0 Å². The molecule has 0 unspecified atom stereocenters. The van der Waals surface area contributed by atoms with Crippen LogP contribution in [0.1, 0.15) is 24.1 Å². The van der Waals surface area contributed by atoms with Crippen molar-refractivity contribution in [1.82, 2.24) is 19.6 Å². The number of aryl methyl sites for hydroxylation is 1. The summed E-state index contributed by atoms with van der Waals surface area (Å²) in [6.07, 6.45) is -1.50. The number of alkyl halides is 3. The SMILES string of the molecule is CN(C(=O)C(F)(F)F)c1c(C#N)cnn1-c1nn2c(c1Cl)CCCC2. The number of amides is 1. The predicted molar refractivity (Wildman–Crippen MR) is 81.5 cm³/mol. The van der Waals surface area contributed by atoms with Crippen molar-refractivity contribution in [2.24, 2.45) is 0 Å². The molecule has 25 heavy (non-hydrogen) atoms. The summed E-state index contributed by atoms with van der Waals surface area (Å²) in [4.78, 5) is 11.9. The van der Waals surface area contributed by atoms with E-state index in [1.54, 1.807) is 10.8 Å². The van der Waals surface area contributed by atoms with E-state index in [0.29, 0.717) is 17.9 Å². The van der Waals surface area contributed by atoms with Crippen molar-refractivity contribution < 1.29 is 18.0 Å². The van der Waals surface area contributed by atoms with Gasteiger partial charge in [-0.25, -0.2) is 0 Å². The summed E-state index contributed by atoms with van der Waals surface area (Å²) in [5.41, 5.74) is 0.565. The third-order valence-electron chi connectivity index (χ3n) is 3.94. The highest BCUT2D eigenvalue weighted by atomic mass is 35.5. The van der Waals surface area contributed by atoms with Crippen LogP contribution < -0.4 is 4.90 Å². The van der Waals surface area contributed by atoms with Crippen LogP contribution in [-0.2, 0) is 17.8 Å². The molecule has 1 aliphatic rings. The van der Waals surface area contributed by atoms with Gasteiger partial charge in [0.15, 0.2) is 11.6 Å². The molecule has 0 saturated carbocycles. The third-order valence-corrected chi connectivity index (χ3v) is 4.33. The minimum Gasteiger partial charge on any atom is -0.291 e. The van der Waals surface area contributed by atoms with Gasteiger partial charge in [0.25, 0.3) is 0 Å². The molecular formula is C14H12ClF3N6O. The molecule has 11 heteroatoms. The van der Waals surface area contributed by atoms with Gasteiger partial charge >= 0.3 is 12.1 Å². The summed E-state index contributed by atoms with van der Waals surface area (Å²) < 4.78 is 41.0. The molecular weight excluding hydrogens is 361 g/mol. The van der Waals surface area contributed by atoms with E-state index in [9.17, 15) is 18.0 Å². The van der Waals surface area contributed by atoms with E-state index in [4.69, 9.17) is 16.9 Å². The van der Waals surface area contributed by atoms with Gasteiger partial charge in [-0.2, -0.15) is 33.3 Å². The normalized spacial score (nSPS) is 14.1. The Bertz CT molecular complexity index is 878. The van der Waals surface area contributed by atoms with Gasteiger partial charge in [0.1, 0.15) is 16.7 Å². The number of nitriles is 1. The van der Waals surface area contributed by atoms with E-state index in [0.717, 1.165) is 36.5 Å². The smallest absolute Gasteiger partial charge is 0.291 e. The Kier molecular flexibility index (Phi) is 4.20. The molecule has 0 spiro atoms. The second-order valence-corrected chi connectivity index (χ2v) is 5.91. The van der Waals surface area contributed by atoms with Gasteiger partial charge in [-0.3, -0.25) is 14.4 Å². The first-order chi connectivity index (χ1) is 11.8. The summed E-state index contributed by atoms with van der Waals surface area (Å²) >= 11 is 6.32. The van der Waals surface area contributed by atoms with E-state index in [1.165, 1.54) is 0 Å². The van der Waals surface area contributed by atoms with Crippen molar-refractivity contribution in [1.29, 1.82) is 5.26 Å². The van der Waals surface area contributed by atoms with E-state index in [-0.39, 0.29) is 22.2 Å². The maximum Gasteiger partial charge on any atom is 0.471 e. The Morgan fingerprint density at radius 2 is 2.16 bits per heavy atom. The van der Waals surface area contributed by atoms with E-state index < -0.39 is 12.1 Å². The van der Waals surface area contributed by atoms with Crippen molar-refractivity contribution in [2.45, 2.75) is 32.0 Å².